The van der Waals surface area contributed by atoms with E-state index in [9.17, 15) is 9.18 Å². The molecular weight excluding hydrogens is 213 g/mol. The molecule has 0 fully saturated rings. The molecule has 0 spiro atoms. The molecule has 1 aliphatic heterocycles. The van der Waals surface area contributed by atoms with Crippen molar-refractivity contribution in [2.75, 3.05) is 0 Å². The second kappa shape index (κ2) is 4.30. The van der Waals surface area contributed by atoms with Crippen molar-refractivity contribution in [2.24, 2.45) is 5.16 Å². The van der Waals surface area contributed by atoms with Crippen LogP contribution in [-0.4, -0.2) is 22.9 Å². The van der Waals surface area contributed by atoms with Crippen LogP contribution in [0, 0.1) is 5.82 Å². The molecule has 1 aromatic rings. The number of carboxylic acids is 1. The fourth-order valence-electron chi connectivity index (χ4n) is 1.55. The molecule has 5 heteroatoms. The van der Waals surface area contributed by atoms with Gasteiger partial charge in [-0.2, -0.15) is 0 Å². The number of carboxylic acid groups (broad SMARTS) is 1. The van der Waals surface area contributed by atoms with Gasteiger partial charge in [0.15, 0.2) is 0 Å². The van der Waals surface area contributed by atoms with E-state index in [2.05, 4.69) is 5.16 Å². The van der Waals surface area contributed by atoms with E-state index in [-0.39, 0.29) is 12.2 Å². The maximum Gasteiger partial charge on any atom is 0.307 e. The van der Waals surface area contributed by atoms with E-state index in [1.54, 1.807) is 12.1 Å². The molecular formula is C11H10FNO3. The van der Waals surface area contributed by atoms with E-state index in [1.807, 2.05) is 0 Å². The number of rotatable bonds is 3. The van der Waals surface area contributed by atoms with Crippen molar-refractivity contribution < 1.29 is 19.1 Å². The standard InChI is InChI=1S/C11H10FNO3/c12-8-3-1-7(2-4-8)10-5-9(16-13-10)6-11(14)15/h1-4,9H,5-6H2,(H,14,15)/t9-/m1/s1. The zero-order valence-electron chi connectivity index (χ0n) is 8.39. The van der Waals surface area contributed by atoms with Gasteiger partial charge in [0.1, 0.15) is 11.9 Å². The van der Waals surface area contributed by atoms with Gasteiger partial charge in [0.05, 0.1) is 12.1 Å². The van der Waals surface area contributed by atoms with Gasteiger partial charge < -0.3 is 9.94 Å². The molecule has 0 unspecified atom stereocenters. The van der Waals surface area contributed by atoms with E-state index >= 15 is 0 Å². The summed E-state index contributed by atoms with van der Waals surface area (Å²) >= 11 is 0. The Morgan fingerprint density at radius 1 is 1.50 bits per heavy atom. The Hall–Kier alpha value is -1.91. The summed E-state index contributed by atoms with van der Waals surface area (Å²) in [5, 5.41) is 12.4. The smallest absolute Gasteiger partial charge is 0.307 e. The Morgan fingerprint density at radius 2 is 2.19 bits per heavy atom. The molecule has 1 atom stereocenters. The summed E-state index contributed by atoms with van der Waals surface area (Å²) < 4.78 is 12.7. The minimum absolute atomic E-state index is 0.0752. The molecule has 4 nitrogen and oxygen atoms in total. The molecule has 1 heterocycles. The second-order valence-corrected chi connectivity index (χ2v) is 3.57. The highest BCUT2D eigenvalue weighted by atomic mass is 19.1. The first-order valence-corrected chi connectivity index (χ1v) is 4.85. The molecule has 0 bridgehead atoms. The van der Waals surface area contributed by atoms with Crippen molar-refractivity contribution in [1.82, 2.24) is 0 Å². The minimum atomic E-state index is -0.916. The second-order valence-electron chi connectivity index (χ2n) is 3.57. The van der Waals surface area contributed by atoms with Gasteiger partial charge in [-0.3, -0.25) is 4.79 Å². The fraction of sp³-hybridized carbons (Fsp3) is 0.273. The highest BCUT2D eigenvalue weighted by Gasteiger charge is 2.24. The van der Waals surface area contributed by atoms with Crippen LogP contribution in [-0.2, 0) is 9.63 Å². The van der Waals surface area contributed by atoms with E-state index < -0.39 is 12.1 Å². The molecule has 1 aromatic carbocycles. The van der Waals surface area contributed by atoms with Gasteiger partial charge >= 0.3 is 5.97 Å². The lowest BCUT2D eigenvalue weighted by Gasteiger charge is -2.03. The van der Waals surface area contributed by atoms with Gasteiger partial charge in [-0.25, -0.2) is 4.39 Å². The summed E-state index contributed by atoms with van der Waals surface area (Å²) in [6, 6.07) is 5.87. The molecule has 0 saturated heterocycles. The van der Waals surface area contributed by atoms with Crippen molar-refractivity contribution in [3.63, 3.8) is 0 Å². The zero-order valence-corrected chi connectivity index (χ0v) is 8.39. The van der Waals surface area contributed by atoms with Gasteiger partial charge in [0.25, 0.3) is 0 Å². The SMILES string of the molecule is O=C(O)C[C@H]1CC(c2ccc(F)cc2)=NO1. The van der Waals surface area contributed by atoms with Crippen LogP contribution in [0.5, 0.6) is 0 Å². The summed E-state index contributed by atoms with van der Waals surface area (Å²) in [4.78, 5) is 15.4. The monoisotopic (exact) mass is 223 g/mol. The zero-order chi connectivity index (χ0) is 11.5. The number of halogens is 1. The number of oxime groups is 1. The molecule has 0 saturated carbocycles. The first-order valence-electron chi connectivity index (χ1n) is 4.85. The summed E-state index contributed by atoms with van der Waals surface area (Å²) in [6.45, 7) is 0. The molecule has 1 aliphatic rings. The van der Waals surface area contributed by atoms with Crippen LogP contribution in [0.15, 0.2) is 29.4 Å². The Bertz CT molecular complexity index is 427. The molecule has 0 radical (unpaired) electrons. The Labute approximate surface area is 91.3 Å². The molecule has 0 aromatic heterocycles. The van der Waals surface area contributed by atoms with E-state index in [0.717, 1.165) is 5.56 Å². The predicted molar refractivity (Wildman–Crippen MR) is 54.7 cm³/mol. The van der Waals surface area contributed by atoms with Crippen LogP contribution >= 0.6 is 0 Å². The number of aliphatic carboxylic acids is 1. The van der Waals surface area contributed by atoms with Gasteiger partial charge in [-0.05, 0) is 17.7 Å². The maximum absolute atomic E-state index is 12.7. The summed E-state index contributed by atoms with van der Waals surface area (Å²) in [5.74, 6) is -1.23. The van der Waals surface area contributed by atoms with Crippen molar-refractivity contribution in [3.05, 3.63) is 35.6 Å². The molecule has 0 aliphatic carbocycles. The number of hydrogen-bond acceptors (Lipinski definition) is 3. The van der Waals surface area contributed by atoms with Crippen molar-refractivity contribution in [1.29, 1.82) is 0 Å². The van der Waals surface area contributed by atoms with Gasteiger partial charge in [0.2, 0.25) is 0 Å². The van der Waals surface area contributed by atoms with Crippen molar-refractivity contribution in [2.45, 2.75) is 18.9 Å². The predicted octanol–water partition coefficient (Wildman–Crippen LogP) is 1.79. The van der Waals surface area contributed by atoms with Gasteiger partial charge in [-0.15, -0.1) is 0 Å². The third kappa shape index (κ3) is 2.36. The Balaban J connectivity index is 2.03. The number of carbonyl (C=O) groups is 1. The van der Waals surface area contributed by atoms with Crippen LogP contribution in [0.1, 0.15) is 18.4 Å². The molecule has 84 valence electrons. The average Bonchev–Trinajstić information content (AvgIpc) is 2.66. The summed E-state index contributed by atoms with van der Waals surface area (Å²) in [5.41, 5.74) is 1.42. The van der Waals surface area contributed by atoms with Crippen LogP contribution in [0.25, 0.3) is 0 Å². The highest BCUT2D eigenvalue weighted by Crippen LogP contribution is 2.19. The molecule has 0 amide bonds. The van der Waals surface area contributed by atoms with Crippen LogP contribution in [0.4, 0.5) is 4.39 Å². The maximum atomic E-state index is 12.7. The van der Waals surface area contributed by atoms with Gasteiger partial charge in [0, 0.05) is 6.42 Å². The quantitative estimate of drug-likeness (QED) is 0.849. The largest absolute Gasteiger partial charge is 0.481 e. The fourth-order valence-corrected chi connectivity index (χ4v) is 1.55. The Kier molecular flexibility index (Phi) is 2.85. The first-order chi connectivity index (χ1) is 7.65. The van der Waals surface area contributed by atoms with Crippen molar-refractivity contribution >= 4 is 11.7 Å². The average molecular weight is 223 g/mol. The lowest BCUT2D eigenvalue weighted by Crippen LogP contribution is -2.13. The van der Waals surface area contributed by atoms with E-state index in [1.165, 1.54) is 12.1 Å². The summed E-state index contributed by atoms with van der Waals surface area (Å²) in [7, 11) is 0. The minimum Gasteiger partial charge on any atom is -0.481 e. The number of hydrogen-bond donors (Lipinski definition) is 1. The van der Waals surface area contributed by atoms with Crippen molar-refractivity contribution in [3.8, 4) is 0 Å². The van der Waals surface area contributed by atoms with Crippen LogP contribution < -0.4 is 0 Å². The third-order valence-electron chi connectivity index (χ3n) is 2.31. The third-order valence-corrected chi connectivity index (χ3v) is 2.31. The van der Waals surface area contributed by atoms with Crippen LogP contribution in [0.3, 0.4) is 0 Å². The number of nitrogens with zero attached hydrogens (tertiary/aromatic N) is 1. The highest BCUT2D eigenvalue weighted by molar-refractivity contribution is 6.01. The topological polar surface area (TPSA) is 58.9 Å². The Morgan fingerprint density at radius 3 is 2.81 bits per heavy atom. The molecule has 16 heavy (non-hydrogen) atoms. The number of benzene rings is 1. The van der Waals surface area contributed by atoms with E-state index in [4.69, 9.17) is 9.94 Å². The molecule has 1 N–H and O–H groups in total. The van der Waals surface area contributed by atoms with Crippen LogP contribution in [0.2, 0.25) is 0 Å². The first kappa shape index (κ1) is 10.6. The normalized spacial score (nSPS) is 19.1. The van der Waals surface area contributed by atoms with E-state index in [0.29, 0.717) is 12.1 Å². The lowest BCUT2D eigenvalue weighted by molar-refractivity contribution is -0.139. The lowest BCUT2D eigenvalue weighted by atomic mass is 10.0. The molecule has 2 rings (SSSR count). The van der Waals surface area contributed by atoms with Gasteiger partial charge in [-0.1, -0.05) is 17.3 Å². The summed E-state index contributed by atoms with van der Waals surface area (Å²) in [6.07, 6.45) is -0.0517.